The lowest BCUT2D eigenvalue weighted by molar-refractivity contribution is -0.141. The Hall–Kier alpha value is -2.16. The van der Waals surface area contributed by atoms with Crippen LogP contribution in [0.2, 0.25) is 0 Å². The number of benzene rings is 2. The number of esters is 1. The van der Waals surface area contributed by atoms with Gasteiger partial charge in [0.05, 0.1) is 7.11 Å². The molecule has 0 aliphatic carbocycles. The third-order valence-corrected chi connectivity index (χ3v) is 3.35. The molecule has 0 heterocycles. The van der Waals surface area contributed by atoms with Gasteiger partial charge in [-0.3, -0.25) is 9.59 Å². The van der Waals surface area contributed by atoms with Crippen molar-refractivity contribution < 1.29 is 14.3 Å². The van der Waals surface area contributed by atoms with Crippen molar-refractivity contribution in [1.29, 1.82) is 0 Å². The fourth-order valence-corrected chi connectivity index (χ4v) is 2.24. The number of Topliss-reactive ketones (excluding diaryl/α,β-unsaturated/α-hetero) is 1. The molecule has 2 aromatic carbocycles. The topological polar surface area (TPSA) is 43.4 Å². The second-order valence-corrected chi connectivity index (χ2v) is 5.07. The summed E-state index contributed by atoms with van der Waals surface area (Å²) in [7, 11) is 1.36. The molecule has 0 aliphatic rings. The Morgan fingerprint density at radius 3 is 2.45 bits per heavy atom. The van der Waals surface area contributed by atoms with Crippen LogP contribution in [0.5, 0.6) is 0 Å². The highest BCUT2D eigenvalue weighted by Crippen LogP contribution is 2.19. The van der Waals surface area contributed by atoms with Crippen LogP contribution in [0.15, 0.2) is 42.5 Å². The molecule has 20 heavy (non-hydrogen) atoms. The molecule has 0 radical (unpaired) electrons. The standard InChI is InChI=1S/C17H18O3/c1-12(10-17(19)20-2)9-16(18)15-8-7-13-5-3-4-6-14(13)11-15/h3-8,11-12H,9-10H2,1-2H3/t12-/m1/s1. The number of carbonyl (C=O) groups excluding carboxylic acids is 2. The number of hydrogen-bond donors (Lipinski definition) is 0. The van der Waals surface area contributed by atoms with Crippen LogP contribution < -0.4 is 0 Å². The maximum Gasteiger partial charge on any atom is 0.305 e. The molecule has 0 aromatic heterocycles. The number of methoxy groups -OCH3 is 1. The second kappa shape index (κ2) is 6.33. The fraction of sp³-hybridized carbons (Fsp3) is 0.294. The molecule has 0 fully saturated rings. The first-order valence-electron chi connectivity index (χ1n) is 6.69. The van der Waals surface area contributed by atoms with E-state index < -0.39 is 0 Å². The first-order chi connectivity index (χ1) is 9.60. The lowest BCUT2D eigenvalue weighted by Gasteiger charge is -2.09. The van der Waals surface area contributed by atoms with E-state index in [0.717, 1.165) is 10.8 Å². The van der Waals surface area contributed by atoms with E-state index in [1.807, 2.05) is 49.4 Å². The van der Waals surface area contributed by atoms with Crippen molar-refractivity contribution in [1.82, 2.24) is 0 Å². The largest absolute Gasteiger partial charge is 0.469 e. The molecule has 3 nitrogen and oxygen atoms in total. The second-order valence-electron chi connectivity index (χ2n) is 5.07. The molecule has 2 aromatic rings. The molecule has 0 saturated heterocycles. The third kappa shape index (κ3) is 3.44. The van der Waals surface area contributed by atoms with Gasteiger partial charge in [0.15, 0.2) is 5.78 Å². The molecule has 0 aliphatic heterocycles. The highest BCUT2D eigenvalue weighted by Gasteiger charge is 2.15. The summed E-state index contributed by atoms with van der Waals surface area (Å²) in [5, 5.41) is 2.17. The Morgan fingerprint density at radius 1 is 1.05 bits per heavy atom. The third-order valence-electron chi connectivity index (χ3n) is 3.35. The molecule has 3 heteroatoms. The van der Waals surface area contributed by atoms with Gasteiger partial charge in [0.25, 0.3) is 0 Å². The fourth-order valence-electron chi connectivity index (χ4n) is 2.24. The molecule has 0 spiro atoms. The smallest absolute Gasteiger partial charge is 0.305 e. The van der Waals surface area contributed by atoms with Gasteiger partial charge < -0.3 is 4.74 Å². The van der Waals surface area contributed by atoms with Crippen molar-refractivity contribution in [3.05, 3.63) is 48.0 Å². The van der Waals surface area contributed by atoms with Gasteiger partial charge in [-0.25, -0.2) is 0 Å². The summed E-state index contributed by atoms with van der Waals surface area (Å²) in [5.74, 6) is -0.225. The monoisotopic (exact) mass is 270 g/mol. The van der Waals surface area contributed by atoms with E-state index in [1.165, 1.54) is 7.11 Å². The molecule has 0 bridgehead atoms. The summed E-state index contributed by atoms with van der Waals surface area (Å²) in [6, 6.07) is 13.6. The average Bonchev–Trinajstić information content (AvgIpc) is 2.46. The minimum absolute atomic E-state index is 0.0126. The van der Waals surface area contributed by atoms with E-state index in [9.17, 15) is 9.59 Å². The van der Waals surface area contributed by atoms with Crippen molar-refractivity contribution in [3.8, 4) is 0 Å². The van der Waals surface area contributed by atoms with Gasteiger partial charge in [-0.1, -0.05) is 43.3 Å². The zero-order valence-electron chi connectivity index (χ0n) is 11.8. The number of fused-ring (bicyclic) bond motifs is 1. The number of carbonyl (C=O) groups is 2. The van der Waals surface area contributed by atoms with E-state index in [0.29, 0.717) is 12.0 Å². The summed E-state index contributed by atoms with van der Waals surface area (Å²) in [5.41, 5.74) is 0.695. The molecule has 2 rings (SSSR count). The summed E-state index contributed by atoms with van der Waals surface area (Å²) >= 11 is 0. The van der Waals surface area contributed by atoms with Crippen molar-refractivity contribution in [3.63, 3.8) is 0 Å². The van der Waals surface area contributed by atoms with Crippen molar-refractivity contribution in [2.75, 3.05) is 7.11 Å². The van der Waals surface area contributed by atoms with Gasteiger partial charge >= 0.3 is 5.97 Å². The van der Waals surface area contributed by atoms with E-state index >= 15 is 0 Å². The maximum absolute atomic E-state index is 12.2. The van der Waals surface area contributed by atoms with Crippen molar-refractivity contribution in [2.45, 2.75) is 19.8 Å². The van der Waals surface area contributed by atoms with Gasteiger partial charge in [0.2, 0.25) is 0 Å². The Morgan fingerprint density at radius 2 is 1.75 bits per heavy atom. The van der Waals surface area contributed by atoms with Crippen LogP contribution in [0.4, 0.5) is 0 Å². The van der Waals surface area contributed by atoms with Crippen LogP contribution >= 0.6 is 0 Å². The summed E-state index contributed by atoms with van der Waals surface area (Å²) in [6.07, 6.45) is 0.628. The Balaban J connectivity index is 2.09. The summed E-state index contributed by atoms with van der Waals surface area (Å²) in [4.78, 5) is 23.4. The van der Waals surface area contributed by atoms with Gasteiger partial charge in [-0.05, 0) is 22.8 Å². The van der Waals surface area contributed by atoms with Gasteiger partial charge in [-0.15, -0.1) is 0 Å². The van der Waals surface area contributed by atoms with Crippen LogP contribution in [0.1, 0.15) is 30.1 Å². The molecule has 1 atom stereocenters. The molecule has 0 unspecified atom stereocenters. The van der Waals surface area contributed by atoms with Crippen LogP contribution in [-0.4, -0.2) is 18.9 Å². The summed E-state index contributed by atoms with van der Waals surface area (Å²) in [6.45, 7) is 1.88. The number of ketones is 1. The van der Waals surface area contributed by atoms with E-state index in [2.05, 4.69) is 4.74 Å². The highest BCUT2D eigenvalue weighted by molar-refractivity contribution is 6.00. The quantitative estimate of drug-likeness (QED) is 0.615. The summed E-state index contributed by atoms with van der Waals surface area (Å²) < 4.78 is 4.62. The number of rotatable bonds is 5. The van der Waals surface area contributed by atoms with E-state index in [1.54, 1.807) is 0 Å². The zero-order chi connectivity index (χ0) is 14.5. The predicted octanol–water partition coefficient (Wildman–Crippen LogP) is 3.61. The SMILES string of the molecule is COC(=O)C[C@H](C)CC(=O)c1ccc2ccccc2c1. The minimum atomic E-state index is -0.274. The molecular weight excluding hydrogens is 252 g/mol. The number of ether oxygens (including phenoxy) is 1. The first-order valence-corrected chi connectivity index (χ1v) is 6.69. The lowest BCUT2D eigenvalue weighted by Crippen LogP contribution is -2.11. The molecule has 104 valence electrons. The molecule has 0 saturated carbocycles. The first kappa shape index (κ1) is 14.3. The van der Waals surface area contributed by atoms with Crippen molar-refractivity contribution in [2.24, 2.45) is 5.92 Å². The zero-order valence-corrected chi connectivity index (χ0v) is 11.8. The van der Waals surface area contributed by atoms with Crippen molar-refractivity contribution >= 4 is 22.5 Å². The lowest BCUT2D eigenvalue weighted by atomic mass is 9.96. The van der Waals surface area contributed by atoms with Crippen LogP contribution in [-0.2, 0) is 9.53 Å². The highest BCUT2D eigenvalue weighted by atomic mass is 16.5. The van der Waals surface area contributed by atoms with Crippen LogP contribution in [0.3, 0.4) is 0 Å². The molecular formula is C17H18O3. The van der Waals surface area contributed by atoms with Gasteiger partial charge in [0.1, 0.15) is 0 Å². The number of hydrogen-bond acceptors (Lipinski definition) is 3. The Labute approximate surface area is 118 Å². The van der Waals surface area contributed by atoms with Crippen LogP contribution in [0, 0.1) is 5.92 Å². The van der Waals surface area contributed by atoms with E-state index in [-0.39, 0.29) is 24.1 Å². The molecule has 0 N–H and O–H groups in total. The Bertz CT molecular complexity index is 631. The van der Waals surface area contributed by atoms with Gasteiger partial charge in [0, 0.05) is 18.4 Å². The maximum atomic E-state index is 12.2. The van der Waals surface area contributed by atoms with Crippen LogP contribution in [0.25, 0.3) is 10.8 Å². The minimum Gasteiger partial charge on any atom is -0.469 e. The van der Waals surface area contributed by atoms with E-state index in [4.69, 9.17) is 0 Å². The normalized spacial score (nSPS) is 12.1. The molecule has 0 amide bonds. The average molecular weight is 270 g/mol. The predicted molar refractivity (Wildman–Crippen MR) is 78.7 cm³/mol. The van der Waals surface area contributed by atoms with Gasteiger partial charge in [-0.2, -0.15) is 0 Å². The Kier molecular flexibility index (Phi) is 4.51.